The topological polar surface area (TPSA) is 81.4 Å². The molecule has 3 N–H and O–H groups in total. The van der Waals surface area contributed by atoms with Crippen LogP contribution in [0.3, 0.4) is 0 Å². The molecule has 0 fully saturated rings. The summed E-state index contributed by atoms with van der Waals surface area (Å²) >= 11 is 3.26. The number of primary amides is 1. The monoisotopic (exact) mass is 342 g/mol. The number of nitrogens with one attached hydrogen (secondary N) is 1. The summed E-state index contributed by atoms with van der Waals surface area (Å²) in [5.74, 6) is -0.597. The quantitative estimate of drug-likeness (QED) is 0.779. The Morgan fingerprint density at radius 1 is 1.35 bits per heavy atom. The summed E-state index contributed by atoms with van der Waals surface area (Å²) < 4.78 is 5.46. The molecule has 0 heterocycles. The zero-order valence-electron chi connectivity index (χ0n) is 11.8. The van der Waals surface area contributed by atoms with Gasteiger partial charge in [0.05, 0.1) is 17.7 Å². The third kappa shape index (κ3) is 4.23. The second-order valence-corrected chi connectivity index (χ2v) is 5.59. The standard InChI is InChI=1S/C14H19BrN2O3/c1-4-20-14(19)9-6-12(17-7-8(2)3)10(13(16)18)5-11(9)15/h5-6,8,17H,4,7H2,1-3H3,(H2,16,18). The summed E-state index contributed by atoms with van der Waals surface area (Å²) in [4.78, 5) is 23.3. The number of amides is 1. The molecule has 0 saturated heterocycles. The van der Waals surface area contributed by atoms with Crippen molar-refractivity contribution in [1.29, 1.82) is 0 Å². The van der Waals surface area contributed by atoms with E-state index in [4.69, 9.17) is 10.5 Å². The molecule has 20 heavy (non-hydrogen) atoms. The van der Waals surface area contributed by atoms with Crippen molar-refractivity contribution < 1.29 is 14.3 Å². The smallest absolute Gasteiger partial charge is 0.339 e. The minimum absolute atomic E-state index is 0.289. The number of halogens is 1. The van der Waals surface area contributed by atoms with Gasteiger partial charge in [-0.15, -0.1) is 0 Å². The van der Waals surface area contributed by atoms with Gasteiger partial charge in [-0.1, -0.05) is 13.8 Å². The summed E-state index contributed by atoms with van der Waals surface area (Å²) in [6, 6.07) is 3.13. The molecule has 0 aliphatic rings. The molecule has 0 atom stereocenters. The highest BCUT2D eigenvalue weighted by atomic mass is 79.9. The van der Waals surface area contributed by atoms with Crippen LogP contribution < -0.4 is 11.1 Å². The first-order valence-electron chi connectivity index (χ1n) is 6.41. The van der Waals surface area contributed by atoms with E-state index in [2.05, 4.69) is 21.2 Å². The number of nitrogens with two attached hydrogens (primary N) is 1. The molecule has 0 aliphatic heterocycles. The fourth-order valence-electron chi connectivity index (χ4n) is 1.60. The van der Waals surface area contributed by atoms with Gasteiger partial charge in [0, 0.05) is 16.7 Å². The molecule has 110 valence electrons. The predicted molar refractivity (Wildman–Crippen MR) is 81.9 cm³/mol. The van der Waals surface area contributed by atoms with Crippen molar-refractivity contribution >= 4 is 33.5 Å². The Morgan fingerprint density at radius 2 is 2.00 bits per heavy atom. The van der Waals surface area contributed by atoms with E-state index in [-0.39, 0.29) is 6.61 Å². The Bertz CT molecular complexity index is 515. The van der Waals surface area contributed by atoms with Crippen LogP contribution in [0.25, 0.3) is 0 Å². The fourth-order valence-corrected chi connectivity index (χ4v) is 2.11. The lowest BCUT2D eigenvalue weighted by atomic mass is 10.1. The van der Waals surface area contributed by atoms with Crippen molar-refractivity contribution in [1.82, 2.24) is 0 Å². The maximum absolute atomic E-state index is 11.8. The summed E-state index contributed by atoms with van der Waals surface area (Å²) in [5.41, 5.74) is 6.60. The SMILES string of the molecule is CCOC(=O)c1cc(NCC(C)C)c(C(N)=O)cc1Br. The maximum atomic E-state index is 11.8. The highest BCUT2D eigenvalue weighted by molar-refractivity contribution is 9.10. The molecule has 0 bridgehead atoms. The maximum Gasteiger partial charge on any atom is 0.339 e. The highest BCUT2D eigenvalue weighted by Crippen LogP contribution is 2.26. The van der Waals surface area contributed by atoms with Gasteiger partial charge >= 0.3 is 5.97 Å². The number of anilines is 1. The lowest BCUT2D eigenvalue weighted by Crippen LogP contribution is -2.18. The average Bonchev–Trinajstić information content (AvgIpc) is 2.36. The number of benzene rings is 1. The van der Waals surface area contributed by atoms with Gasteiger partial charge in [-0.3, -0.25) is 4.79 Å². The molecule has 0 unspecified atom stereocenters. The molecule has 0 aliphatic carbocycles. The Morgan fingerprint density at radius 3 is 2.50 bits per heavy atom. The van der Waals surface area contributed by atoms with Crippen molar-refractivity contribution in [3.63, 3.8) is 0 Å². The van der Waals surface area contributed by atoms with E-state index in [0.29, 0.717) is 33.7 Å². The van der Waals surface area contributed by atoms with Crippen LogP contribution in [0.4, 0.5) is 5.69 Å². The van der Waals surface area contributed by atoms with Crippen molar-refractivity contribution in [3.8, 4) is 0 Å². The van der Waals surface area contributed by atoms with Crippen LogP contribution in [0.2, 0.25) is 0 Å². The molecule has 1 rings (SSSR count). The number of carbonyl (C=O) groups is 2. The Kier molecular flexibility index (Phi) is 6.01. The summed E-state index contributed by atoms with van der Waals surface area (Å²) in [6.45, 7) is 6.79. The third-order valence-corrected chi connectivity index (χ3v) is 3.22. The summed E-state index contributed by atoms with van der Waals surface area (Å²) in [5, 5.41) is 3.13. The molecule has 1 aromatic rings. The minimum Gasteiger partial charge on any atom is -0.462 e. The van der Waals surface area contributed by atoms with Gasteiger partial charge in [-0.2, -0.15) is 0 Å². The van der Waals surface area contributed by atoms with Gasteiger partial charge in [0.1, 0.15) is 0 Å². The van der Waals surface area contributed by atoms with Crippen LogP contribution in [0.15, 0.2) is 16.6 Å². The number of ether oxygens (including phenoxy) is 1. The van der Waals surface area contributed by atoms with E-state index in [0.717, 1.165) is 0 Å². The summed E-state index contributed by atoms with van der Waals surface area (Å²) in [6.07, 6.45) is 0. The van der Waals surface area contributed by atoms with Gasteiger partial charge in [-0.25, -0.2) is 4.79 Å². The van der Waals surface area contributed by atoms with Crippen molar-refractivity contribution in [2.45, 2.75) is 20.8 Å². The molecule has 0 spiro atoms. The second kappa shape index (κ2) is 7.28. The molecular weight excluding hydrogens is 324 g/mol. The summed E-state index contributed by atoms with van der Waals surface area (Å²) in [7, 11) is 0. The van der Waals surface area contributed by atoms with Crippen LogP contribution >= 0.6 is 15.9 Å². The van der Waals surface area contributed by atoms with E-state index < -0.39 is 11.9 Å². The first kappa shape index (κ1) is 16.5. The molecule has 1 aromatic carbocycles. The van der Waals surface area contributed by atoms with E-state index in [1.807, 2.05) is 13.8 Å². The van der Waals surface area contributed by atoms with E-state index in [1.54, 1.807) is 13.0 Å². The fraction of sp³-hybridized carbons (Fsp3) is 0.429. The molecule has 5 nitrogen and oxygen atoms in total. The van der Waals surface area contributed by atoms with E-state index in [1.165, 1.54) is 6.07 Å². The van der Waals surface area contributed by atoms with Crippen molar-refractivity contribution in [3.05, 3.63) is 27.7 Å². The van der Waals surface area contributed by atoms with Gasteiger partial charge < -0.3 is 15.8 Å². The first-order chi connectivity index (χ1) is 9.36. The molecule has 0 saturated carbocycles. The van der Waals surface area contributed by atoms with E-state index >= 15 is 0 Å². The van der Waals surface area contributed by atoms with E-state index in [9.17, 15) is 9.59 Å². The molecular formula is C14H19BrN2O3. The predicted octanol–water partition coefficient (Wildman–Crippen LogP) is 2.79. The number of rotatable bonds is 6. The average molecular weight is 343 g/mol. The molecule has 0 radical (unpaired) electrons. The Hall–Kier alpha value is -1.56. The van der Waals surface area contributed by atoms with Crippen LogP contribution in [-0.2, 0) is 4.74 Å². The van der Waals surface area contributed by atoms with Crippen LogP contribution in [0.5, 0.6) is 0 Å². The number of carbonyl (C=O) groups excluding carboxylic acids is 2. The number of hydrogen-bond donors (Lipinski definition) is 2. The number of esters is 1. The lowest BCUT2D eigenvalue weighted by Gasteiger charge is -2.14. The largest absolute Gasteiger partial charge is 0.462 e. The second-order valence-electron chi connectivity index (χ2n) is 4.74. The third-order valence-electron chi connectivity index (χ3n) is 2.57. The van der Waals surface area contributed by atoms with Crippen molar-refractivity contribution in [2.75, 3.05) is 18.5 Å². The first-order valence-corrected chi connectivity index (χ1v) is 7.20. The molecule has 0 aromatic heterocycles. The van der Waals surface area contributed by atoms with Crippen LogP contribution in [0.1, 0.15) is 41.5 Å². The van der Waals surface area contributed by atoms with Crippen molar-refractivity contribution in [2.24, 2.45) is 11.7 Å². The minimum atomic E-state index is -0.549. The van der Waals surface area contributed by atoms with Gasteiger partial charge in [0.25, 0.3) is 5.91 Å². The van der Waals surface area contributed by atoms with Crippen LogP contribution in [-0.4, -0.2) is 25.0 Å². The van der Waals surface area contributed by atoms with Gasteiger partial charge in [0.2, 0.25) is 0 Å². The molecule has 1 amide bonds. The Labute approximate surface area is 127 Å². The normalized spacial score (nSPS) is 10.4. The number of hydrogen-bond acceptors (Lipinski definition) is 4. The molecule has 6 heteroatoms. The Balaban J connectivity index is 3.19. The highest BCUT2D eigenvalue weighted by Gasteiger charge is 2.17. The zero-order chi connectivity index (χ0) is 15.3. The van der Waals surface area contributed by atoms with Crippen LogP contribution in [0, 0.1) is 5.92 Å². The van der Waals surface area contributed by atoms with Gasteiger partial charge in [-0.05, 0) is 40.9 Å². The van der Waals surface area contributed by atoms with Gasteiger partial charge in [0.15, 0.2) is 0 Å². The lowest BCUT2D eigenvalue weighted by molar-refractivity contribution is 0.0525. The zero-order valence-corrected chi connectivity index (χ0v) is 13.4.